The number of carbonyl (C=O) groups is 1. The van der Waals surface area contributed by atoms with Crippen LogP contribution in [0.25, 0.3) is 0 Å². The van der Waals surface area contributed by atoms with Gasteiger partial charge in [-0.05, 0) is 31.6 Å². The molecule has 0 radical (unpaired) electrons. The van der Waals surface area contributed by atoms with Crippen LogP contribution in [0.5, 0.6) is 0 Å². The summed E-state index contributed by atoms with van der Waals surface area (Å²) < 4.78 is 30.6. The molecule has 2 aliphatic rings. The molecule has 1 amide bonds. The lowest BCUT2D eigenvalue weighted by Gasteiger charge is -2.36. The van der Waals surface area contributed by atoms with Crippen LogP contribution in [0.3, 0.4) is 0 Å². The van der Waals surface area contributed by atoms with Crippen molar-refractivity contribution in [2.75, 3.05) is 45.6 Å². The predicted octanol–water partition coefficient (Wildman–Crippen LogP) is 0.933. The molecule has 0 aromatic carbocycles. The predicted molar refractivity (Wildman–Crippen MR) is 84.9 cm³/mol. The van der Waals surface area contributed by atoms with E-state index in [9.17, 15) is 13.2 Å². The Morgan fingerprint density at radius 1 is 1.18 bits per heavy atom. The first-order chi connectivity index (χ1) is 10.4. The Labute approximate surface area is 133 Å². The third kappa shape index (κ3) is 4.43. The molecule has 22 heavy (non-hydrogen) atoms. The molecule has 0 bridgehead atoms. The van der Waals surface area contributed by atoms with Gasteiger partial charge in [0.2, 0.25) is 15.9 Å². The number of sulfonamides is 1. The summed E-state index contributed by atoms with van der Waals surface area (Å²) in [6.45, 7) is 5.01. The van der Waals surface area contributed by atoms with E-state index in [1.165, 1.54) is 17.8 Å². The van der Waals surface area contributed by atoms with Crippen LogP contribution in [0, 0.1) is 11.8 Å². The molecule has 2 saturated heterocycles. The fourth-order valence-electron chi connectivity index (χ4n) is 3.35. The molecule has 1 unspecified atom stereocenters. The largest absolute Gasteiger partial charge is 0.384 e. The van der Waals surface area contributed by atoms with Gasteiger partial charge in [0.1, 0.15) is 0 Å². The van der Waals surface area contributed by atoms with Gasteiger partial charge in [0, 0.05) is 39.2 Å². The van der Waals surface area contributed by atoms with Gasteiger partial charge in [0.25, 0.3) is 0 Å². The maximum absolute atomic E-state index is 12.6. The Bertz CT molecular complexity index is 472. The average molecular weight is 332 g/mol. The van der Waals surface area contributed by atoms with Gasteiger partial charge in [-0.25, -0.2) is 12.7 Å². The quantitative estimate of drug-likeness (QED) is 0.751. The molecule has 1 atom stereocenters. The lowest BCUT2D eigenvalue weighted by Crippen LogP contribution is -2.47. The zero-order valence-corrected chi connectivity index (χ0v) is 14.5. The molecule has 2 heterocycles. The van der Waals surface area contributed by atoms with Gasteiger partial charge in [-0.2, -0.15) is 0 Å². The highest BCUT2D eigenvalue weighted by Gasteiger charge is 2.33. The molecule has 6 nitrogen and oxygen atoms in total. The Morgan fingerprint density at radius 3 is 2.45 bits per heavy atom. The van der Waals surface area contributed by atoms with E-state index in [1.54, 1.807) is 0 Å². The van der Waals surface area contributed by atoms with Crippen LogP contribution in [0.4, 0.5) is 0 Å². The first-order valence-electron chi connectivity index (χ1n) is 8.19. The first-order valence-corrected chi connectivity index (χ1v) is 9.80. The molecule has 0 aliphatic carbocycles. The van der Waals surface area contributed by atoms with Gasteiger partial charge in [-0.15, -0.1) is 0 Å². The standard InChI is InChI=1S/C15H28N2O4S/c1-13-4-3-7-16(12-13)15(18)14-5-8-17(9-6-14)22(19,20)11-10-21-2/h13-14H,3-12H2,1-2H3. The minimum atomic E-state index is -3.24. The summed E-state index contributed by atoms with van der Waals surface area (Å²) in [4.78, 5) is 14.5. The molecule has 0 aromatic rings. The second-order valence-corrected chi connectivity index (χ2v) is 8.60. The van der Waals surface area contributed by atoms with Crippen molar-refractivity contribution in [1.29, 1.82) is 0 Å². The van der Waals surface area contributed by atoms with E-state index >= 15 is 0 Å². The van der Waals surface area contributed by atoms with E-state index in [-0.39, 0.29) is 24.2 Å². The number of rotatable bonds is 5. The van der Waals surface area contributed by atoms with E-state index in [1.807, 2.05) is 4.90 Å². The van der Waals surface area contributed by atoms with Crippen molar-refractivity contribution >= 4 is 15.9 Å². The smallest absolute Gasteiger partial charge is 0.225 e. The summed E-state index contributed by atoms with van der Waals surface area (Å²) >= 11 is 0. The first kappa shape index (κ1) is 17.7. The summed E-state index contributed by atoms with van der Waals surface area (Å²) in [6, 6.07) is 0. The number of hydrogen-bond acceptors (Lipinski definition) is 4. The van der Waals surface area contributed by atoms with Crippen LogP contribution in [-0.2, 0) is 19.6 Å². The zero-order chi connectivity index (χ0) is 16.2. The van der Waals surface area contributed by atoms with Crippen molar-refractivity contribution in [2.45, 2.75) is 32.6 Å². The van der Waals surface area contributed by atoms with Gasteiger partial charge < -0.3 is 9.64 Å². The maximum atomic E-state index is 12.6. The van der Waals surface area contributed by atoms with E-state index in [2.05, 4.69) is 6.92 Å². The molecular weight excluding hydrogens is 304 g/mol. The van der Waals surface area contributed by atoms with Crippen molar-refractivity contribution in [1.82, 2.24) is 9.21 Å². The summed E-state index contributed by atoms with van der Waals surface area (Å²) in [5.41, 5.74) is 0. The van der Waals surface area contributed by atoms with Crippen molar-refractivity contribution < 1.29 is 17.9 Å². The topological polar surface area (TPSA) is 66.9 Å². The number of likely N-dealkylation sites (tertiary alicyclic amines) is 1. The van der Waals surface area contributed by atoms with Gasteiger partial charge >= 0.3 is 0 Å². The third-order valence-electron chi connectivity index (χ3n) is 4.71. The Morgan fingerprint density at radius 2 is 1.86 bits per heavy atom. The molecule has 2 aliphatic heterocycles. The van der Waals surface area contributed by atoms with Crippen LogP contribution in [-0.4, -0.2) is 69.2 Å². The van der Waals surface area contributed by atoms with Gasteiger partial charge in [-0.3, -0.25) is 4.79 Å². The molecule has 0 N–H and O–H groups in total. The van der Waals surface area contributed by atoms with Crippen LogP contribution in [0.1, 0.15) is 32.6 Å². The average Bonchev–Trinajstić information content (AvgIpc) is 2.52. The Hall–Kier alpha value is -0.660. The molecule has 0 saturated carbocycles. The van der Waals surface area contributed by atoms with Gasteiger partial charge in [-0.1, -0.05) is 6.92 Å². The lowest BCUT2D eigenvalue weighted by atomic mass is 9.93. The molecular formula is C15H28N2O4S. The molecule has 7 heteroatoms. The second kappa shape index (κ2) is 7.75. The fourth-order valence-corrected chi connectivity index (χ4v) is 4.75. The minimum Gasteiger partial charge on any atom is -0.384 e. The molecule has 2 fully saturated rings. The summed E-state index contributed by atoms with van der Waals surface area (Å²) in [5.74, 6) is 0.804. The van der Waals surface area contributed by atoms with Crippen molar-refractivity contribution in [3.05, 3.63) is 0 Å². The van der Waals surface area contributed by atoms with Gasteiger partial charge in [0.15, 0.2) is 0 Å². The number of nitrogens with zero attached hydrogens (tertiary/aromatic N) is 2. The number of amides is 1. The maximum Gasteiger partial charge on any atom is 0.225 e. The number of ether oxygens (including phenoxy) is 1. The summed E-state index contributed by atoms with van der Waals surface area (Å²) in [7, 11) is -1.74. The summed E-state index contributed by atoms with van der Waals surface area (Å²) in [6.07, 6.45) is 3.54. The summed E-state index contributed by atoms with van der Waals surface area (Å²) in [5, 5.41) is 0. The molecule has 128 valence electrons. The SMILES string of the molecule is COCCS(=O)(=O)N1CCC(C(=O)N2CCCC(C)C2)CC1. The van der Waals surface area contributed by atoms with E-state index in [0.29, 0.717) is 31.8 Å². The molecule has 0 spiro atoms. The fraction of sp³-hybridized carbons (Fsp3) is 0.933. The van der Waals surface area contributed by atoms with E-state index < -0.39 is 10.0 Å². The van der Waals surface area contributed by atoms with Gasteiger partial charge in [0.05, 0.1) is 12.4 Å². The highest BCUT2D eigenvalue weighted by Crippen LogP contribution is 2.24. The number of hydrogen-bond donors (Lipinski definition) is 0. The highest BCUT2D eigenvalue weighted by atomic mass is 32.2. The van der Waals surface area contributed by atoms with Crippen molar-refractivity contribution in [2.24, 2.45) is 11.8 Å². The second-order valence-electron chi connectivity index (χ2n) is 6.51. The normalized spacial score (nSPS) is 25.4. The third-order valence-corrected chi connectivity index (χ3v) is 6.55. The minimum absolute atomic E-state index is 0.0147. The van der Waals surface area contributed by atoms with Crippen molar-refractivity contribution in [3.63, 3.8) is 0 Å². The molecule has 2 rings (SSSR count). The number of piperidine rings is 2. The number of carbonyl (C=O) groups excluding carboxylic acids is 1. The zero-order valence-electron chi connectivity index (χ0n) is 13.7. The van der Waals surface area contributed by atoms with E-state index in [0.717, 1.165) is 19.5 Å². The van der Waals surface area contributed by atoms with Crippen LogP contribution in [0.2, 0.25) is 0 Å². The Balaban J connectivity index is 1.85. The van der Waals surface area contributed by atoms with Crippen LogP contribution in [0.15, 0.2) is 0 Å². The Kier molecular flexibility index (Phi) is 6.23. The van der Waals surface area contributed by atoms with Crippen LogP contribution < -0.4 is 0 Å². The monoisotopic (exact) mass is 332 g/mol. The number of methoxy groups -OCH3 is 1. The molecule has 0 aromatic heterocycles. The lowest BCUT2D eigenvalue weighted by molar-refractivity contribution is -0.138. The van der Waals surface area contributed by atoms with E-state index in [4.69, 9.17) is 4.74 Å². The van der Waals surface area contributed by atoms with Crippen LogP contribution >= 0.6 is 0 Å². The van der Waals surface area contributed by atoms with Crippen molar-refractivity contribution in [3.8, 4) is 0 Å². The highest BCUT2D eigenvalue weighted by molar-refractivity contribution is 7.89.